The van der Waals surface area contributed by atoms with Crippen LogP contribution in [0.3, 0.4) is 0 Å². The molecule has 0 fully saturated rings. The molecule has 12 heteroatoms. The Labute approximate surface area is 267 Å². The minimum Gasteiger partial charge on any atom is -0.490 e. The topological polar surface area (TPSA) is 65.7 Å². The molecule has 0 aliphatic rings. The van der Waals surface area contributed by atoms with Crippen LogP contribution in [0.4, 0.5) is 13.2 Å². The van der Waals surface area contributed by atoms with Gasteiger partial charge in [-0.3, -0.25) is 4.79 Å². The van der Waals surface area contributed by atoms with Crippen molar-refractivity contribution >= 4 is 62.9 Å². The summed E-state index contributed by atoms with van der Waals surface area (Å²) >= 11 is 14.4. The SMILES string of the molecule is CCOc1cc(C=Nn2c(-c3cccc(C(F)(F)F)c3)nc3ccccc3c2=O)cc(I)c1OCc1ccc(Cl)cc1Cl. The minimum atomic E-state index is -4.57. The summed E-state index contributed by atoms with van der Waals surface area (Å²) in [4.78, 5) is 18.0. The lowest BCUT2D eigenvalue weighted by Crippen LogP contribution is -2.20. The Morgan fingerprint density at radius 2 is 1.79 bits per heavy atom. The molecule has 5 aromatic rings. The quantitative estimate of drug-likeness (QED) is 0.118. The molecule has 43 heavy (non-hydrogen) atoms. The van der Waals surface area contributed by atoms with Crippen LogP contribution in [0.2, 0.25) is 10.0 Å². The molecule has 0 unspecified atom stereocenters. The van der Waals surface area contributed by atoms with Crippen LogP contribution >= 0.6 is 45.8 Å². The van der Waals surface area contributed by atoms with Gasteiger partial charge in [0.25, 0.3) is 5.56 Å². The first-order valence-electron chi connectivity index (χ1n) is 12.8. The number of ether oxygens (including phenoxy) is 2. The lowest BCUT2D eigenvalue weighted by Gasteiger charge is -2.15. The molecule has 0 saturated carbocycles. The molecule has 0 aliphatic carbocycles. The molecule has 0 amide bonds. The molecular weight excluding hydrogens is 717 g/mol. The normalized spacial score (nSPS) is 11.8. The van der Waals surface area contributed by atoms with E-state index in [4.69, 9.17) is 32.7 Å². The van der Waals surface area contributed by atoms with Crippen LogP contribution in [0, 0.1) is 3.57 Å². The van der Waals surface area contributed by atoms with Crippen molar-refractivity contribution in [2.75, 3.05) is 6.61 Å². The maximum absolute atomic E-state index is 13.5. The van der Waals surface area contributed by atoms with E-state index in [2.05, 4.69) is 32.7 Å². The molecule has 0 saturated heterocycles. The third kappa shape index (κ3) is 6.97. The van der Waals surface area contributed by atoms with E-state index in [1.54, 1.807) is 54.6 Å². The predicted molar refractivity (Wildman–Crippen MR) is 171 cm³/mol. The van der Waals surface area contributed by atoms with Gasteiger partial charge in [0, 0.05) is 21.2 Å². The number of aromatic nitrogens is 2. The first kappa shape index (κ1) is 30.8. The average molecular weight is 738 g/mol. The van der Waals surface area contributed by atoms with Gasteiger partial charge >= 0.3 is 6.18 Å². The number of rotatable bonds is 8. The van der Waals surface area contributed by atoms with Crippen molar-refractivity contribution in [3.8, 4) is 22.9 Å². The molecule has 1 aromatic heterocycles. The van der Waals surface area contributed by atoms with Crippen molar-refractivity contribution in [2.45, 2.75) is 19.7 Å². The summed E-state index contributed by atoms with van der Waals surface area (Å²) in [7, 11) is 0. The number of halogens is 6. The number of alkyl halides is 3. The fourth-order valence-corrected chi connectivity index (χ4v) is 5.47. The Bertz CT molecular complexity index is 1910. The fraction of sp³-hybridized carbons (Fsp3) is 0.129. The van der Waals surface area contributed by atoms with Crippen LogP contribution in [0.15, 0.2) is 88.8 Å². The molecular formula is C31H21Cl2F3IN3O3. The van der Waals surface area contributed by atoms with Crippen molar-refractivity contribution in [2.24, 2.45) is 5.10 Å². The Morgan fingerprint density at radius 3 is 2.53 bits per heavy atom. The lowest BCUT2D eigenvalue weighted by molar-refractivity contribution is -0.137. The van der Waals surface area contributed by atoms with E-state index in [0.717, 1.165) is 22.4 Å². The molecule has 4 aromatic carbocycles. The first-order chi connectivity index (χ1) is 20.5. The van der Waals surface area contributed by atoms with Crippen LogP contribution in [-0.4, -0.2) is 22.5 Å². The summed E-state index contributed by atoms with van der Waals surface area (Å²) in [5, 5.41) is 5.63. The van der Waals surface area contributed by atoms with Gasteiger partial charge in [-0.1, -0.05) is 53.5 Å². The Hall–Kier alpha value is -3.61. The van der Waals surface area contributed by atoms with E-state index in [-0.39, 0.29) is 23.4 Å². The van der Waals surface area contributed by atoms with Gasteiger partial charge in [-0.15, -0.1) is 0 Å². The standard InChI is InChI=1S/C31H21Cl2F3IN3O3/c1-2-42-27-13-18(12-25(37)28(27)43-17-20-10-11-22(32)15-24(20)33)16-38-40-29(19-6-5-7-21(14-19)31(34,35)36)39-26-9-4-3-8-23(26)30(40)41/h3-16H,2,17H2,1H3. The van der Waals surface area contributed by atoms with Gasteiger partial charge in [-0.05, 0) is 83.6 Å². The first-order valence-corrected chi connectivity index (χ1v) is 14.7. The van der Waals surface area contributed by atoms with Crippen molar-refractivity contribution < 1.29 is 22.6 Å². The lowest BCUT2D eigenvalue weighted by atomic mass is 10.1. The smallest absolute Gasteiger partial charge is 0.416 e. The fourth-order valence-electron chi connectivity index (χ4n) is 4.23. The monoisotopic (exact) mass is 737 g/mol. The zero-order chi connectivity index (χ0) is 30.7. The second-order valence-electron chi connectivity index (χ2n) is 9.18. The van der Waals surface area contributed by atoms with Crippen molar-refractivity contribution in [3.05, 3.63) is 120 Å². The second kappa shape index (κ2) is 12.9. The molecule has 5 rings (SSSR count). The Balaban J connectivity index is 1.55. The highest BCUT2D eigenvalue weighted by molar-refractivity contribution is 14.1. The number of nitrogens with zero attached hydrogens (tertiary/aromatic N) is 3. The van der Waals surface area contributed by atoms with Gasteiger partial charge in [-0.25, -0.2) is 4.98 Å². The number of benzene rings is 4. The van der Waals surface area contributed by atoms with E-state index in [1.807, 2.05) is 6.92 Å². The summed E-state index contributed by atoms with van der Waals surface area (Å²) in [6, 6.07) is 19.8. The van der Waals surface area contributed by atoms with E-state index in [0.29, 0.717) is 42.8 Å². The van der Waals surface area contributed by atoms with Gasteiger partial charge in [0.2, 0.25) is 0 Å². The van der Waals surface area contributed by atoms with Crippen molar-refractivity contribution in [3.63, 3.8) is 0 Å². The van der Waals surface area contributed by atoms with E-state index in [9.17, 15) is 18.0 Å². The molecule has 1 heterocycles. The largest absolute Gasteiger partial charge is 0.490 e. The van der Waals surface area contributed by atoms with Gasteiger partial charge in [-0.2, -0.15) is 22.9 Å². The summed E-state index contributed by atoms with van der Waals surface area (Å²) in [6.07, 6.45) is -3.16. The molecule has 0 radical (unpaired) electrons. The molecule has 6 nitrogen and oxygen atoms in total. The van der Waals surface area contributed by atoms with Crippen molar-refractivity contribution in [1.29, 1.82) is 0 Å². The van der Waals surface area contributed by atoms with E-state index >= 15 is 0 Å². The Morgan fingerprint density at radius 1 is 1.00 bits per heavy atom. The van der Waals surface area contributed by atoms with E-state index in [1.165, 1.54) is 18.3 Å². The van der Waals surface area contributed by atoms with Gasteiger partial charge in [0.05, 0.1) is 32.9 Å². The maximum atomic E-state index is 13.5. The number of fused-ring (bicyclic) bond motifs is 1. The van der Waals surface area contributed by atoms with Crippen LogP contribution in [-0.2, 0) is 12.8 Å². The van der Waals surface area contributed by atoms with Crippen LogP contribution in [0.5, 0.6) is 11.5 Å². The third-order valence-corrected chi connectivity index (χ3v) is 7.63. The summed E-state index contributed by atoms with van der Waals surface area (Å²) in [6.45, 7) is 2.34. The van der Waals surface area contributed by atoms with Crippen LogP contribution in [0.1, 0.15) is 23.6 Å². The summed E-state index contributed by atoms with van der Waals surface area (Å²) in [5.74, 6) is 0.883. The Kier molecular flexibility index (Phi) is 9.28. The number of hydrogen-bond donors (Lipinski definition) is 0. The molecule has 0 N–H and O–H groups in total. The maximum Gasteiger partial charge on any atom is 0.416 e. The highest BCUT2D eigenvalue weighted by Gasteiger charge is 2.31. The number of para-hydroxylation sites is 1. The average Bonchev–Trinajstić information content (AvgIpc) is 2.97. The molecule has 0 bridgehead atoms. The van der Waals surface area contributed by atoms with Crippen molar-refractivity contribution in [1.82, 2.24) is 9.66 Å². The number of hydrogen-bond acceptors (Lipinski definition) is 5. The molecule has 0 aliphatic heterocycles. The summed E-state index contributed by atoms with van der Waals surface area (Å²) in [5.41, 5.74) is 0.314. The van der Waals surface area contributed by atoms with Gasteiger partial charge in [0.1, 0.15) is 6.61 Å². The molecule has 220 valence electrons. The zero-order valence-electron chi connectivity index (χ0n) is 22.3. The second-order valence-corrected chi connectivity index (χ2v) is 11.2. The van der Waals surface area contributed by atoms with E-state index < -0.39 is 17.3 Å². The molecule has 0 spiro atoms. The van der Waals surface area contributed by atoms with Crippen LogP contribution in [0.25, 0.3) is 22.3 Å². The highest BCUT2D eigenvalue weighted by atomic mass is 127. The summed E-state index contributed by atoms with van der Waals surface area (Å²) < 4.78 is 54.1. The van der Waals surface area contributed by atoms with Gasteiger partial charge in [0.15, 0.2) is 17.3 Å². The molecule has 0 atom stereocenters. The third-order valence-electron chi connectivity index (χ3n) is 6.24. The van der Waals surface area contributed by atoms with Gasteiger partial charge < -0.3 is 9.47 Å². The minimum absolute atomic E-state index is 0.0365. The highest BCUT2D eigenvalue weighted by Crippen LogP contribution is 2.36. The van der Waals surface area contributed by atoms with Crippen LogP contribution < -0.4 is 15.0 Å². The predicted octanol–water partition coefficient (Wildman–Crippen LogP) is 8.85. The zero-order valence-corrected chi connectivity index (χ0v) is 26.0.